The molecule has 16 rings (SSSR count). The van der Waals surface area contributed by atoms with Crippen LogP contribution >= 0.6 is 58.4 Å². The topological polar surface area (TPSA) is 65.9 Å². The highest BCUT2D eigenvalue weighted by Gasteiger charge is 2.12. The maximum atomic E-state index is 5.30. The zero-order valence-corrected chi connectivity index (χ0v) is 43.6. The van der Waals surface area contributed by atoms with Crippen molar-refractivity contribution in [3.63, 3.8) is 0 Å². The fourth-order valence-electron chi connectivity index (χ4n) is 7.59. The number of aromatic amines is 1. The van der Waals surface area contributed by atoms with Crippen LogP contribution in [-0.4, -0.2) is 35.2 Å². The van der Waals surface area contributed by atoms with Crippen LogP contribution in [0.15, 0.2) is 254 Å². The predicted octanol–water partition coefficient (Wildman–Crippen LogP) is 17.8. The molecule has 1 N–H and O–H groups in total. The summed E-state index contributed by atoms with van der Waals surface area (Å²) >= 11 is 9.36. The number of nitrogens with one attached hydrogen (secondary N) is 1. The van der Waals surface area contributed by atoms with Gasteiger partial charge in [-0.25, -0.2) is 0 Å². The fourth-order valence-corrected chi connectivity index (χ4v) is 12.6. The number of thiophene rings is 1. The molecule has 0 fully saturated rings. The van der Waals surface area contributed by atoms with Crippen molar-refractivity contribution in [2.45, 2.75) is 32.4 Å². The highest BCUT2D eigenvalue weighted by molar-refractivity contribution is 8.18. The number of aryl methyl sites for hydroxylation is 1. The molecule has 0 spiro atoms. The summed E-state index contributed by atoms with van der Waals surface area (Å²) in [6.07, 6.45) is 5.99. The number of H-pyrrole nitrogens is 1. The van der Waals surface area contributed by atoms with Gasteiger partial charge >= 0.3 is 0 Å². The van der Waals surface area contributed by atoms with Crippen LogP contribution in [0, 0.1) is 0 Å². The quantitative estimate of drug-likeness (QED) is 0.160. The van der Waals surface area contributed by atoms with Crippen LogP contribution < -0.4 is 18.9 Å². The second-order valence-corrected chi connectivity index (χ2v) is 21.4. The minimum atomic E-state index is 0.360. The van der Waals surface area contributed by atoms with Gasteiger partial charge in [0.15, 0.2) is 11.5 Å². The molecule has 5 aliphatic heterocycles. The number of ether oxygens (including phenoxy) is 4. The molecule has 0 unspecified atom stereocenters. The summed E-state index contributed by atoms with van der Waals surface area (Å²) in [6, 6.07) is 71.8. The SMILES string of the molecule is c1ccc2[nH]ccc2c1.c1ccc2c(c1)CCO2.c1ccc2c(c1)CCS2.c1ccc2c(c1)OCO2.c1ccc2c(c1)OCS2.c1ccc2c(c1)SCS2.c1ccc2occc2c1.c1ccc2sccc2c1. The van der Waals surface area contributed by atoms with Crippen LogP contribution in [0.2, 0.25) is 0 Å². The number of hydrogen-bond donors (Lipinski definition) is 1. The summed E-state index contributed by atoms with van der Waals surface area (Å²) in [5.41, 5.74) is 5.04. The number of fused-ring (bicyclic) bond motifs is 8. The van der Waals surface area contributed by atoms with E-state index in [9.17, 15) is 0 Å². The lowest BCUT2D eigenvalue weighted by Crippen LogP contribution is -1.92. The Morgan fingerprint density at radius 3 is 1.72 bits per heavy atom. The van der Waals surface area contributed by atoms with Gasteiger partial charge in [0.1, 0.15) is 23.0 Å². The van der Waals surface area contributed by atoms with Crippen LogP contribution in [0.3, 0.4) is 0 Å². The lowest BCUT2D eigenvalue weighted by molar-refractivity contribution is 0.174. The Balaban J connectivity index is 0.000000102. The molecule has 72 heavy (non-hydrogen) atoms. The highest BCUT2D eigenvalue weighted by atomic mass is 32.2. The molecule has 0 bridgehead atoms. The van der Waals surface area contributed by atoms with Crippen LogP contribution in [0.1, 0.15) is 11.1 Å². The molecule has 0 saturated carbocycles. The predicted molar refractivity (Wildman–Crippen MR) is 306 cm³/mol. The molecule has 0 amide bonds. The zero-order chi connectivity index (χ0) is 48.8. The largest absolute Gasteiger partial charge is 0.493 e. The average molecular weight is 1040 g/mol. The minimum Gasteiger partial charge on any atom is -0.493 e. The number of rotatable bonds is 0. The van der Waals surface area contributed by atoms with Gasteiger partial charge < -0.3 is 28.3 Å². The number of thioether (sulfide) groups is 4. The maximum absolute atomic E-state index is 5.30. The maximum Gasteiger partial charge on any atom is 0.231 e. The second-order valence-electron chi connectivity index (χ2n) is 16.0. The minimum absolute atomic E-state index is 0.360. The first-order valence-electron chi connectivity index (χ1n) is 23.6. The van der Waals surface area contributed by atoms with Gasteiger partial charge in [0.25, 0.3) is 0 Å². The first kappa shape index (κ1) is 50.3. The van der Waals surface area contributed by atoms with E-state index in [1.165, 1.54) is 69.0 Å². The summed E-state index contributed by atoms with van der Waals surface area (Å²) in [6.45, 7) is 1.22. The summed E-state index contributed by atoms with van der Waals surface area (Å²) in [7, 11) is 0. The first-order chi connectivity index (χ1) is 35.7. The van der Waals surface area contributed by atoms with Crippen LogP contribution in [0.5, 0.6) is 23.0 Å². The third-order valence-electron chi connectivity index (χ3n) is 11.2. The van der Waals surface area contributed by atoms with Crippen molar-refractivity contribution in [1.29, 1.82) is 0 Å². The molecule has 3 aromatic heterocycles. The smallest absolute Gasteiger partial charge is 0.231 e. The molecular formula is C61H53NO5S5. The van der Waals surface area contributed by atoms with Crippen molar-refractivity contribution in [3.8, 4) is 23.0 Å². The monoisotopic (exact) mass is 1040 g/mol. The standard InChI is InChI=1S/C8H7N.C8H8O.C8H6O.C8H8S.C8H6S.C7H6O2.C7H6OS.C7H6S2/c5*1-2-4-8-7(3-1)5-6-9-8;3*1-2-4-7-6(3-1)8-5-9-7/h1-6,9H;1-4H,5-6H2;1-6H;1-4H,5-6H2;1-6H;3*1-4H,5H2. The molecule has 0 aliphatic carbocycles. The van der Waals surface area contributed by atoms with Gasteiger partial charge in [-0.2, -0.15) is 0 Å². The van der Waals surface area contributed by atoms with Gasteiger partial charge in [0.2, 0.25) is 6.79 Å². The average Bonchev–Trinajstić information content (AvgIpc) is 4.31. The van der Waals surface area contributed by atoms with Gasteiger partial charge in [-0.1, -0.05) is 139 Å². The van der Waals surface area contributed by atoms with Crippen LogP contribution in [0.25, 0.3) is 32.0 Å². The molecule has 0 saturated heterocycles. The van der Waals surface area contributed by atoms with Crippen LogP contribution in [0.4, 0.5) is 0 Å². The number of para-hydroxylation sites is 6. The number of furan rings is 1. The number of hydrogen-bond acceptors (Lipinski definition) is 10. The highest BCUT2D eigenvalue weighted by Crippen LogP contribution is 2.41. The molecule has 11 aromatic rings. The van der Waals surface area contributed by atoms with Crippen LogP contribution in [-0.2, 0) is 12.8 Å². The Hall–Kier alpha value is -6.60. The van der Waals surface area contributed by atoms with E-state index < -0.39 is 0 Å². The number of aromatic nitrogens is 1. The van der Waals surface area contributed by atoms with Crippen molar-refractivity contribution in [1.82, 2.24) is 4.98 Å². The molecule has 0 atom stereocenters. The van der Waals surface area contributed by atoms with Gasteiger partial charge in [-0.15, -0.1) is 46.6 Å². The van der Waals surface area contributed by atoms with Crippen molar-refractivity contribution in [2.24, 2.45) is 0 Å². The number of benzene rings is 8. The lowest BCUT2D eigenvalue weighted by atomic mass is 10.2. The van der Waals surface area contributed by atoms with Gasteiger partial charge in [-0.05, 0) is 119 Å². The Kier molecular flexibility index (Phi) is 19.1. The summed E-state index contributed by atoms with van der Waals surface area (Å²) in [4.78, 5) is 8.76. The molecule has 11 heteroatoms. The Morgan fingerprint density at radius 2 is 1.01 bits per heavy atom. The Labute approximate surface area is 442 Å². The molecule has 362 valence electrons. The Morgan fingerprint density at radius 1 is 0.403 bits per heavy atom. The third-order valence-corrected chi connectivity index (χ3v) is 16.5. The molecule has 8 heterocycles. The van der Waals surface area contributed by atoms with Crippen molar-refractivity contribution in [3.05, 3.63) is 241 Å². The Bertz CT molecular complexity index is 2720. The van der Waals surface area contributed by atoms with Gasteiger partial charge in [0.05, 0.1) is 17.8 Å². The van der Waals surface area contributed by atoms with Crippen molar-refractivity contribution in [2.75, 3.05) is 30.2 Å². The molecular weight excluding hydrogens is 987 g/mol. The van der Waals surface area contributed by atoms with E-state index in [1.54, 1.807) is 29.4 Å². The van der Waals surface area contributed by atoms with E-state index >= 15 is 0 Å². The third kappa shape index (κ3) is 14.7. The first-order valence-corrected chi connectivity index (χ1v) is 28.4. The van der Waals surface area contributed by atoms with E-state index in [0.29, 0.717) is 6.79 Å². The van der Waals surface area contributed by atoms with E-state index in [0.717, 1.165) is 52.9 Å². The second kappa shape index (κ2) is 27.3. The normalized spacial score (nSPS) is 13.1. The van der Waals surface area contributed by atoms with Crippen molar-refractivity contribution < 1.29 is 23.4 Å². The zero-order valence-electron chi connectivity index (χ0n) is 39.5. The molecule has 6 nitrogen and oxygen atoms in total. The van der Waals surface area contributed by atoms with E-state index in [4.69, 9.17) is 23.4 Å². The van der Waals surface area contributed by atoms with E-state index in [-0.39, 0.29) is 0 Å². The fraction of sp³-hybridized carbons (Fsp3) is 0.115. The van der Waals surface area contributed by atoms with Gasteiger partial charge in [-0.3, -0.25) is 0 Å². The molecule has 5 aliphatic rings. The summed E-state index contributed by atoms with van der Waals surface area (Å²) in [5, 5.41) is 7.10. The molecule has 0 radical (unpaired) electrons. The summed E-state index contributed by atoms with van der Waals surface area (Å²) < 4.78 is 27.2. The van der Waals surface area contributed by atoms with E-state index in [2.05, 4.69) is 120 Å². The summed E-state index contributed by atoms with van der Waals surface area (Å²) in [5.74, 6) is 5.84. The molecule has 8 aromatic carbocycles. The van der Waals surface area contributed by atoms with Crippen molar-refractivity contribution >= 4 is 90.3 Å². The van der Waals surface area contributed by atoms with E-state index in [1.807, 2.05) is 145 Å². The van der Waals surface area contributed by atoms with Gasteiger partial charge in [0, 0.05) is 53.7 Å². The lowest BCUT2D eigenvalue weighted by Gasteiger charge is -1.93.